The van der Waals surface area contributed by atoms with Crippen molar-refractivity contribution in [2.24, 2.45) is 0 Å². The largest absolute Gasteiger partial charge is 0.496 e. The molecule has 0 saturated heterocycles. The van der Waals surface area contributed by atoms with Gasteiger partial charge in [-0.1, -0.05) is 17.7 Å². The van der Waals surface area contributed by atoms with E-state index in [1.54, 1.807) is 7.11 Å². The van der Waals surface area contributed by atoms with Gasteiger partial charge in [-0.15, -0.1) is 0 Å². The van der Waals surface area contributed by atoms with E-state index in [4.69, 9.17) is 4.74 Å². The van der Waals surface area contributed by atoms with Gasteiger partial charge in [0, 0.05) is 12.1 Å². The Morgan fingerprint density at radius 1 is 1.43 bits per heavy atom. The Morgan fingerprint density at radius 2 is 2.13 bits per heavy atom. The smallest absolute Gasteiger partial charge is 0.235 e. The molecule has 124 valence electrons. The molecule has 0 unspecified atom stereocenters. The van der Waals surface area contributed by atoms with Gasteiger partial charge >= 0.3 is 0 Å². The maximum atomic E-state index is 12.3. The van der Waals surface area contributed by atoms with Gasteiger partial charge in [-0.2, -0.15) is 5.26 Å². The normalized spacial score (nSPS) is 16.1. The molecule has 0 heterocycles. The molecule has 5 heteroatoms. The van der Waals surface area contributed by atoms with Crippen LogP contribution in [0.2, 0.25) is 0 Å². The minimum absolute atomic E-state index is 0.0948. The van der Waals surface area contributed by atoms with Gasteiger partial charge < -0.3 is 10.1 Å². The molecule has 5 nitrogen and oxygen atoms in total. The van der Waals surface area contributed by atoms with Crippen molar-refractivity contribution in [2.75, 3.05) is 20.7 Å². The van der Waals surface area contributed by atoms with Crippen LogP contribution in [-0.4, -0.2) is 37.0 Å². The fraction of sp³-hybridized carbons (Fsp3) is 0.556. The summed E-state index contributed by atoms with van der Waals surface area (Å²) in [4.78, 5) is 14.2. The van der Waals surface area contributed by atoms with Gasteiger partial charge in [0.25, 0.3) is 0 Å². The maximum absolute atomic E-state index is 12.3. The standard InChI is InChI=1S/C18H25N3O2/c1-14-6-7-16(23-3)15(10-14)11-21(2)12-17(22)20-18(13-19)8-4-5-9-18/h6-7,10H,4-5,8-9,11-12H2,1-3H3,(H,20,22). The Balaban J connectivity index is 1.94. The number of hydrogen-bond donors (Lipinski definition) is 1. The van der Waals surface area contributed by atoms with Gasteiger partial charge in [0.05, 0.1) is 19.7 Å². The third-order valence-electron chi connectivity index (χ3n) is 4.34. The lowest BCUT2D eigenvalue weighted by atomic mass is 10.00. The number of amides is 1. The van der Waals surface area contributed by atoms with Crippen LogP contribution in [-0.2, 0) is 11.3 Å². The van der Waals surface area contributed by atoms with Crippen LogP contribution < -0.4 is 10.1 Å². The molecule has 1 N–H and O–H groups in total. The number of aryl methyl sites for hydroxylation is 1. The zero-order valence-corrected chi connectivity index (χ0v) is 14.2. The van der Waals surface area contributed by atoms with E-state index in [1.807, 2.05) is 31.0 Å². The molecular formula is C18H25N3O2. The third-order valence-corrected chi connectivity index (χ3v) is 4.34. The lowest BCUT2D eigenvalue weighted by Gasteiger charge is -2.24. The number of rotatable bonds is 6. The molecule has 23 heavy (non-hydrogen) atoms. The first-order valence-electron chi connectivity index (χ1n) is 8.02. The van der Waals surface area contributed by atoms with E-state index in [-0.39, 0.29) is 12.5 Å². The highest BCUT2D eigenvalue weighted by atomic mass is 16.5. The maximum Gasteiger partial charge on any atom is 0.235 e. The van der Waals surface area contributed by atoms with Crippen molar-refractivity contribution in [3.63, 3.8) is 0 Å². The highest BCUT2D eigenvalue weighted by Gasteiger charge is 2.35. The molecule has 0 atom stereocenters. The first-order valence-corrected chi connectivity index (χ1v) is 8.02. The van der Waals surface area contributed by atoms with Crippen molar-refractivity contribution in [2.45, 2.75) is 44.7 Å². The molecule has 1 saturated carbocycles. The molecule has 0 spiro atoms. The zero-order chi connectivity index (χ0) is 16.9. The fourth-order valence-corrected chi connectivity index (χ4v) is 3.17. The predicted octanol–water partition coefficient (Wildman–Crippen LogP) is 2.39. The third kappa shape index (κ3) is 4.46. The number of nitriles is 1. The SMILES string of the molecule is COc1ccc(C)cc1CN(C)CC(=O)NC1(C#N)CCCC1. The Kier molecular flexibility index (Phi) is 5.62. The second kappa shape index (κ2) is 7.47. The molecule has 1 aliphatic carbocycles. The van der Waals surface area contributed by atoms with Crippen molar-refractivity contribution in [3.8, 4) is 11.8 Å². The van der Waals surface area contributed by atoms with E-state index < -0.39 is 5.54 Å². The number of carbonyl (C=O) groups is 1. The second-order valence-electron chi connectivity index (χ2n) is 6.44. The van der Waals surface area contributed by atoms with Gasteiger partial charge in [-0.05, 0) is 45.7 Å². The molecule has 0 aliphatic heterocycles. The average Bonchev–Trinajstić information content (AvgIpc) is 2.96. The van der Waals surface area contributed by atoms with E-state index in [2.05, 4.69) is 17.5 Å². The van der Waals surface area contributed by atoms with Crippen LogP contribution in [0.3, 0.4) is 0 Å². The molecule has 1 fully saturated rings. The van der Waals surface area contributed by atoms with Gasteiger partial charge in [0.15, 0.2) is 0 Å². The van der Waals surface area contributed by atoms with E-state index in [9.17, 15) is 10.1 Å². The quantitative estimate of drug-likeness (QED) is 0.875. The number of methoxy groups -OCH3 is 1. The summed E-state index contributed by atoms with van der Waals surface area (Å²) in [5, 5.41) is 12.3. The van der Waals surface area contributed by atoms with Gasteiger partial charge in [0.2, 0.25) is 5.91 Å². The van der Waals surface area contributed by atoms with Crippen LogP contribution in [0.15, 0.2) is 18.2 Å². The van der Waals surface area contributed by atoms with Crippen LogP contribution in [0.1, 0.15) is 36.8 Å². The molecule has 2 rings (SSSR count). The highest BCUT2D eigenvalue weighted by molar-refractivity contribution is 5.79. The number of nitrogens with one attached hydrogen (secondary N) is 1. The number of carbonyl (C=O) groups excluding carboxylic acids is 1. The second-order valence-corrected chi connectivity index (χ2v) is 6.44. The topological polar surface area (TPSA) is 65.4 Å². The number of nitrogens with zero attached hydrogens (tertiary/aromatic N) is 2. The summed E-state index contributed by atoms with van der Waals surface area (Å²) in [5.41, 5.74) is 1.56. The van der Waals surface area contributed by atoms with Gasteiger partial charge in [0.1, 0.15) is 11.3 Å². The van der Waals surface area contributed by atoms with Gasteiger partial charge in [-0.3, -0.25) is 9.69 Å². The molecular weight excluding hydrogens is 290 g/mol. The summed E-state index contributed by atoms with van der Waals surface area (Å²) in [5.74, 6) is 0.731. The lowest BCUT2D eigenvalue weighted by Crippen LogP contribution is -2.48. The van der Waals surface area contributed by atoms with Crippen LogP contribution in [0.4, 0.5) is 0 Å². The Bertz CT molecular complexity index is 601. The van der Waals surface area contributed by atoms with Crippen molar-refractivity contribution < 1.29 is 9.53 Å². The average molecular weight is 315 g/mol. The molecule has 0 radical (unpaired) electrons. The highest BCUT2D eigenvalue weighted by Crippen LogP contribution is 2.28. The number of ether oxygens (including phenoxy) is 1. The van der Waals surface area contributed by atoms with Crippen molar-refractivity contribution in [1.82, 2.24) is 10.2 Å². The fourth-order valence-electron chi connectivity index (χ4n) is 3.17. The Hall–Kier alpha value is -2.06. The predicted molar refractivity (Wildman–Crippen MR) is 89.0 cm³/mol. The summed E-state index contributed by atoms with van der Waals surface area (Å²) in [6, 6.07) is 8.31. The van der Waals surface area contributed by atoms with Crippen molar-refractivity contribution in [1.29, 1.82) is 5.26 Å². The summed E-state index contributed by atoms with van der Waals surface area (Å²) in [7, 11) is 3.55. The molecule has 1 aromatic carbocycles. The van der Waals surface area contributed by atoms with E-state index in [0.29, 0.717) is 6.54 Å². The van der Waals surface area contributed by atoms with E-state index >= 15 is 0 Å². The van der Waals surface area contributed by atoms with E-state index in [0.717, 1.165) is 42.6 Å². The summed E-state index contributed by atoms with van der Waals surface area (Å²) >= 11 is 0. The van der Waals surface area contributed by atoms with Crippen LogP contribution in [0, 0.1) is 18.3 Å². The van der Waals surface area contributed by atoms with Crippen LogP contribution in [0.5, 0.6) is 5.75 Å². The monoisotopic (exact) mass is 315 g/mol. The number of benzene rings is 1. The minimum atomic E-state index is -0.654. The summed E-state index contributed by atoms with van der Waals surface area (Å²) in [6.45, 7) is 2.92. The molecule has 1 amide bonds. The van der Waals surface area contributed by atoms with Crippen molar-refractivity contribution in [3.05, 3.63) is 29.3 Å². The van der Waals surface area contributed by atoms with Crippen LogP contribution >= 0.6 is 0 Å². The first kappa shape index (κ1) is 17.3. The molecule has 0 aromatic heterocycles. The first-order chi connectivity index (χ1) is 11.0. The molecule has 1 aliphatic rings. The van der Waals surface area contributed by atoms with Crippen molar-refractivity contribution >= 4 is 5.91 Å². The molecule has 1 aromatic rings. The Labute approximate surface area is 138 Å². The molecule has 0 bridgehead atoms. The number of hydrogen-bond acceptors (Lipinski definition) is 4. The number of likely N-dealkylation sites (N-methyl/N-ethyl adjacent to an activating group) is 1. The minimum Gasteiger partial charge on any atom is -0.496 e. The van der Waals surface area contributed by atoms with Crippen LogP contribution in [0.25, 0.3) is 0 Å². The summed E-state index contributed by atoms with van der Waals surface area (Å²) < 4.78 is 5.38. The van der Waals surface area contributed by atoms with E-state index in [1.165, 1.54) is 0 Å². The Morgan fingerprint density at radius 3 is 2.74 bits per heavy atom. The summed E-state index contributed by atoms with van der Waals surface area (Å²) in [6.07, 6.45) is 3.52. The lowest BCUT2D eigenvalue weighted by molar-refractivity contribution is -0.123. The van der Waals surface area contributed by atoms with Gasteiger partial charge in [-0.25, -0.2) is 0 Å². The zero-order valence-electron chi connectivity index (χ0n) is 14.2.